The van der Waals surface area contributed by atoms with Crippen LogP contribution in [0.3, 0.4) is 0 Å². The second kappa shape index (κ2) is 4.82. The van der Waals surface area contributed by atoms with Gasteiger partial charge in [0.1, 0.15) is 0 Å². The van der Waals surface area contributed by atoms with Gasteiger partial charge in [-0.05, 0) is 6.07 Å². The second-order valence-corrected chi connectivity index (χ2v) is 2.53. The molecule has 1 radical (unpaired) electrons. The summed E-state index contributed by atoms with van der Waals surface area (Å²) in [5, 5.41) is 10.3. The Kier molecular flexibility index (Phi) is 3.71. The summed E-state index contributed by atoms with van der Waals surface area (Å²) >= 11 is 0. The molecule has 79 valence electrons. The number of rotatable bonds is 2. The molecular weight excluding hydrogens is 376 g/mol. The van der Waals surface area contributed by atoms with Crippen molar-refractivity contribution in [3.05, 3.63) is 46.6 Å². The Bertz CT molecular complexity index is 455. The van der Waals surface area contributed by atoms with Crippen molar-refractivity contribution in [2.75, 3.05) is 0 Å². The fraction of sp³-hybridized carbons (Fsp3) is 0. The van der Waals surface area contributed by atoms with E-state index in [1.54, 1.807) is 24.4 Å². The van der Waals surface area contributed by atoms with E-state index in [0.29, 0.717) is 5.69 Å². The molecule has 0 spiro atoms. The quantitative estimate of drug-likeness (QED) is 0.454. The van der Waals surface area contributed by atoms with Crippen LogP contribution in [0, 0.1) is 16.2 Å². The third-order valence-corrected chi connectivity index (χ3v) is 1.61. The Labute approximate surface area is 98.6 Å². The van der Waals surface area contributed by atoms with E-state index >= 15 is 0 Å². The van der Waals surface area contributed by atoms with Crippen LogP contribution in [0.1, 0.15) is 0 Å². The molecule has 0 bridgehead atoms. The molecule has 5 nitrogen and oxygen atoms in total. The minimum Gasteiger partial charge on any atom is -0.483 e. The molecule has 2 aromatic rings. The molecule has 6 heteroatoms. The number of nitrogens with zero attached hydrogens (tertiary/aromatic N) is 2. The van der Waals surface area contributed by atoms with E-state index in [1.807, 2.05) is 0 Å². The average molecular weight is 381 g/mol. The molecular formula is C9H5IrN2O3-. The Morgan fingerprint density at radius 3 is 2.80 bits per heavy atom. The van der Waals surface area contributed by atoms with Gasteiger partial charge in [0.2, 0.25) is 0 Å². The number of pyridine rings is 1. The first-order valence-corrected chi connectivity index (χ1v) is 3.84. The van der Waals surface area contributed by atoms with Gasteiger partial charge in [0.05, 0.1) is 0 Å². The van der Waals surface area contributed by atoms with Crippen molar-refractivity contribution in [3.8, 4) is 11.5 Å². The fourth-order valence-corrected chi connectivity index (χ4v) is 1.00. The summed E-state index contributed by atoms with van der Waals surface area (Å²) in [6.07, 6.45) is 1.58. The van der Waals surface area contributed by atoms with Gasteiger partial charge in [-0.3, -0.25) is 10.1 Å². The predicted octanol–water partition coefficient (Wildman–Crippen LogP) is 2.05. The van der Waals surface area contributed by atoms with Crippen LogP contribution in [0.25, 0.3) is 11.5 Å². The minimum absolute atomic E-state index is 0. The molecule has 15 heavy (non-hydrogen) atoms. The monoisotopic (exact) mass is 382 g/mol. The molecule has 0 saturated heterocycles. The molecule has 2 rings (SSSR count). The first-order chi connectivity index (χ1) is 6.77. The Morgan fingerprint density at radius 2 is 2.27 bits per heavy atom. The topological polar surface area (TPSA) is 69.2 Å². The zero-order valence-corrected chi connectivity index (χ0v) is 9.73. The summed E-state index contributed by atoms with van der Waals surface area (Å²) in [5.41, 5.74) is 0.528. The molecule has 2 heterocycles. The smallest absolute Gasteiger partial charge is 0.332 e. The molecule has 0 aliphatic carbocycles. The van der Waals surface area contributed by atoms with Crippen molar-refractivity contribution in [2.45, 2.75) is 0 Å². The van der Waals surface area contributed by atoms with E-state index in [1.165, 1.54) is 6.07 Å². The first kappa shape index (κ1) is 11.6. The third-order valence-electron chi connectivity index (χ3n) is 1.61. The molecule has 0 fully saturated rings. The number of aromatic nitrogens is 1. The maximum atomic E-state index is 10.3. The minimum atomic E-state index is -0.608. The first-order valence-electron chi connectivity index (χ1n) is 3.84. The van der Waals surface area contributed by atoms with Crippen LogP contribution in [-0.2, 0) is 20.1 Å². The largest absolute Gasteiger partial charge is 0.483 e. The maximum Gasteiger partial charge on any atom is 0.332 e. The van der Waals surface area contributed by atoms with E-state index < -0.39 is 4.92 Å². The standard InChI is InChI=1S/C9H5N2O3.Ir/c12-11(13)9-5-4-8(14-9)7-3-1-2-6-10-7;/h1-3,5-6H;/q-1;. The maximum absolute atomic E-state index is 10.3. The summed E-state index contributed by atoms with van der Waals surface area (Å²) in [6, 6.07) is 9.03. The molecule has 0 aliphatic rings. The predicted molar refractivity (Wildman–Crippen MR) is 47.4 cm³/mol. The summed E-state index contributed by atoms with van der Waals surface area (Å²) in [7, 11) is 0. The van der Waals surface area contributed by atoms with Gasteiger partial charge in [-0.2, -0.15) is 0 Å². The molecule has 0 saturated carbocycles. The van der Waals surface area contributed by atoms with Crippen molar-refractivity contribution < 1.29 is 29.4 Å². The molecule has 0 aromatic carbocycles. The summed E-state index contributed by atoms with van der Waals surface area (Å²) < 4.78 is 4.91. The number of hydrogen-bond acceptors (Lipinski definition) is 4. The van der Waals surface area contributed by atoms with Gasteiger partial charge in [-0.1, -0.05) is 18.2 Å². The number of hydrogen-bond donors (Lipinski definition) is 0. The van der Waals surface area contributed by atoms with Crippen LogP contribution in [0.5, 0.6) is 0 Å². The SMILES string of the molecule is O=[N+]([O-])c1c[c-]c(-c2ccccn2)o1.[Ir]. The normalized spacial score (nSPS) is 9.33. The zero-order chi connectivity index (χ0) is 9.97. The van der Waals surface area contributed by atoms with Crippen LogP contribution >= 0.6 is 0 Å². The molecule has 0 unspecified atom stereocenters. The second-order valence-electron chi connectivity index (χ2n) is 2.53. The molecule has 0 amide bonds. The Morgan fingerprint density at radius 1 is 1.47 bits per heavy atom. The van der Waals surface area contributed by atoms with Crippen molar-refractivity contribution in [3.63, 3.8) is 0 Å². The molecule has 2 aromatic heterocycles. The Hall–Kier alpha value is -1.52. The summed E-state index contributed by atoms with van der Waals surface area (Å²) in [5.74, 6) is -0.0528. The van der Waals surface area contributed by atoms with Gasteiger partial charge in [-0.25, -0.2) is 0 Å². The molecule has 0 atom stereocenters. The van der Waals surface area contributed by atoms with E-state index in [9.17, 15) is 10.1 Å². The summed E-state index contributed by atoms with van der Waals surface area (Å²) in [4.78, 5) is 13.7. The van der Waals surface area contributed by atoms with Crippen molar-refractivity contribution in [2.24, 2.45) is 0 Å². The summed E-state index contributed by atoms with van der Waals surface area (Å²) in [6.45, 7) is 0. The van der Waals surface area contributed by atoms with Crippen molar-refractivity contribution in [1.82, 2.24) is 4.98 Å². The van der Waals surface area contributed by atoms with Crippen LogP contribution < -0.4 is 0 Å². The van der Waals surface area contributed by atoms with E-state index in [2.05, 4.69) is 11.1 Å². The van der Waals surface area contributed by atoms with Crippen LogP contribution in [0.4, 0.5) is 5.88 Å². The van der Waals surface area contributed by atoms with Crippen LogP contribution in [-0.4, -0.2) is 9.91 Å². The zero-order valence-electron chi connectivity index (χ0n) is 7.34. The van der Waals surface area contributed by atoms with Gasteiger partial charge in [0, 0.05) is 42.7 Å². The van der Waals surface area contributed by atoms with Gasteiger partial charge < -0.3 is 9.40 Å². The van der Waals surface area contributed by atoms with E-state index in [0.717, 1.165) is 0 Å². The van der Waals surface area contributed by atoms with Crippen LogP contribution in [0.2, 0.25) is 0 Å². The van der Waals surface area contributed by atoms with Crippen molar-refractivity contribution >= 4 is 5.88 Å². The average Bonchev–Trinajstić information content (AvgIpc) is 2.68. The van der Waals surface area contributed by atoms with Crippen molar-refractivity contribution in [1.29, 1.82) is 0 Å². The van der Waals surface area contributed by atoms with Gasteiger partial charge in [0.25, 0.3) is 0 Å². The van der Waals surface area contributed by atoms with Crippen LogP contribution in [0.15, 0.2) is 34.9 Å². The Balaban J connectivity index is 0.00000112. The third kappa shape index (κ3) is 2.49. The number of nitro groups is 1. The fourth-order valence-electron chi connectivity index (χ4n) is 1.00. The van der Waals surface area contributed by atoms with Gasteiger partial charge in [-0.15, -0.1) is 6.07 Å². The number of furan rings is 1. The molecule has 0 N–H and O–H groups in total. The van der Waals surface area contributed by atoms with E-state index in [-0.39, 0.29) is 31.7 Å². The van der Waals surface area contributed by atoms with E-state index in [4.69, 9.17) is 4.42 Å². The van der Waals surface area contributed by atoms with Gasteiger partial charge in [0.15, 0.2) is 0 Å². The molecule has 0 aliphatic heterocycles. The van der Waals surface area contributed by atoms with Gasteiger partial charge >= 0.3 is 5.88 Å².